The highest BCUT2D eigenvalue weighted by atomic mass is 35.5. The summed E-state index contributed by atoms with van der Waals surface area (Å²) in [7, 11) is 3.33. The zero-order valence-corrected chi connectivity index (χ0v) is 15.7. The molecule has 4 nitrogen and oxygen atoms in total. The molecular formula is C19H22Cl2N2O2. The number of halogens is 2. The number of hydrogen-bond donors (Lipinski definition) is 0. The van der Waals surface area contributed by atoms with Gasteiger partial charge in [0.05, 0.1) is 19.9 Å². The average Bonchev–Trinajstić information content (AvgIpc) is 2.63. The first-order valence-corrected chi connectivity index (χ1v) is 7.69. The number of aliphatic imine (C=N–C) groups is 1. The van der Waals surface area contributed by atoms with Gasteiger partial charge in [-0.15, -0.1) is 0 Å². The first-order chi connectivity index (χ1) is 11.3. The number of aromatic nitrogens is 1. The standard InChI is InChI=1S/C19H20N2O2.2ClH/c1-22-17-8-7-14(18(12-17)23-2)11-15-5-4-10-21-19(15)16-6-3-9-20-13-16;;/h3,6-9,11-13H,4-5,10H2,1-2H3;2*1H/b15-11+;;. The molecule has 0 fully saturated rings. The summed E-state index contributed by atoms with van der Waals surface area (Å²) in [6, 6.07) is 9.85. The highest BCUT2D eigenvalue weighted by Gasteiger charge is 2.15. The van der Waals surface area contributed by atoms with Gasteiger partial charge in [-0.3, -0.25) is 9.98 Å². The summed E-state index contributed by atoms with van der Waals surface area (Å²) in [6.07, 6.45) is 7.87. The van der Waals surface area contributed by atoms with Crippen LogP contribution in [0.25, 0.3) is 6.08 Å². The van der Waals surface area contributed by atoms with E-state index in [0.29, 0.717) is 0 Å². The quantitative estimate of drug-likeness (QED) is 0.616. The third-order valence-corrected chi connectivity index (χ3v) is 3.88. The van der Waals surface area contributed by atoms with Crippen LogP contribution in [0.4, 0.5) is 0 Å². The Morgan fingerprint density at radius 2 is 1.96 bits per heavy atom. The number of hydrogen-bond acceptors (Lipinski definition) is 4. The Bertz CT molecular complexity index is 757. The van der Waals surface area contributed by atoms with Crippen molar-refractivity contribution in [3.63, 3.8) is 0 Å². The van der Waals surface area contributed by atoms with Crippen LogP contribution in [-0.2, 0) is 0 Å². The van der Waals surface area contributed by atoms with Crippen molar-refractivity contribution in [3.05, 3.63) is 59.4 Å². The van der Waals surface area contributed by atoms with Crippen molar-refractivity contribution in [3.8, 4) is 11.5 Å². The Balaban J connectivity index is 0. The third kappa shape index (κ3) is 4.97. The van der Waals surface area contributed by atoms with Crippen LogP contribution in [0, 0.1) is 0 Å². The number of ether oxygens (including phenoxy) is 2. The van der Waals surface area contributed by atoms with Crippen LogP contribution in [0.3, 0.4) is 0 Å². The van der Waals surface area contributed by atoms with Crippen LogP contribution in [-0.4, -0.2) is 31.5 Å². The molecule has 0 N–H and O–H groups in total. The van der Waals surface area contributed by atoms with E-state index in [1.165, 1.54) is 5.57 Å². The minimum atomic E-state index is 0. The first kappa shape index (κ1) is 21.0. The molecule has 0 atom stereocenters. The molecule has 1 aromatic carbocycles. The lowest BCUT2D eigenvalue weighted by Crippen LogP contribution is -3.00. The minimum absolute atomic E-state index is 0. The van der Waals surface area contributed by atoms with E-state index in [4.69, 9.17) is 14.5 Å². The molecule has 0 saturated heterocycles. The number of pyridine rings is 1. The second kappa shape index (κ2) is 10.1. The van der Waals surface area contributed by atoms with E-state index in [0.717, 1.165) is 47.7 Å². The summed E-state index contributed by atoms with van der Waals surface area (Å²) < 4.78 is 10.8. The SMILES string of the molecule is COc1ccc(/C=C2\CCCN=C2c2cccnc2)c(OC)c1.[Cl-].[Cl-].[H+].[H+]. The van der Waals surface area contributed by atoms with Crippen molar-refractivity contribution in [2.24, 2.45) is 4.99 Å². The summed E-state index contributed by atoms with van der Waals surface area (Å²) in [5.41, 5.74) is 4.34. The van der Waals surface area contributed by atoms with Crippen molar-refractivity contribution >= 4 is 11.8 Å². The predicted octanol–water partition coefficient (Wildman–Crippen LogP) is -2.00. The summed E-state index contributed by atoms with van der Waals surface area (Å²) in [5.74, 6) is 1.58. The van der Waals surface area contributed by atoms with Gasteiger partial charge in [0.25, 0.3) is 0 Å². The molecule has 2 heterocycles. The maximum Gasteiger partial charge on any atom is 1.00 e. The molecule has 0 unspecified atom stereocenters. The topological polar surface area (TPSA) is 43.7 Å². The highest BCUT2D eigenvalue weighted by molar-refractivity contribution is 6.15. The number of benzene rings is 1. The number of allylic oxidation sites excluding steroid dienone is 1. The molecule has 0 saturated carbocycles. The third-order valence-electron chi connectivity index (χ3n) is 3.88. The van der Waals surface area contributed by atoms with Gasteiger partial charge in [-0.2, -0.15) is 0 Å². The van der Waals surface area contributed by atoms with E-state index in [9.17, 15) is 0 Å². The second-order valence-corrected chi connectivity index (χ2v) is 5.35. The maximum atomic E-state index is 5.49. The van der Waals surface area contributed by atoms with Gasteiger partial charge in [0.15, 0.2) is 0 Å². The van der Waals surface area contributed by atoms with Crippen LogP contribution >= 0.6 is 0 Å². The molecule has 1 aromatic heterocycles. The fraction of sp³-hybridized carbons (Fsp3) is 0.263. The molecular weight excluding hydrogens is 359 g/mol. The Hall–Kier alpha value is -2.04. The molecule has 0 radical (unpaired) electrons. The molecule has 0 bridgehead atoms. The predicted molar refractivity (Wildman–Crippen MR) is 94.6 cm³/mol. The Morgan fingerprint density at radius 1 is 1.12 bits per heavy atom. The minimum Gasteiger partial charge on any atom is -1.00 e. The fourth-order valence-corrected chi connectivity index (χ4v) is 2.73. The number of methoxy groups -OCH3 is 2. The van der Waals surface area contributed by atoms with Crippen LogP contribution in [0.15, 0.2) is 53.3 Å². The van der Waals surface area contributed by atoms with E-state index in [2.05, 4.69) is 17.1 Å². The zero-order chi connectivity index (χ0) is 16.1. The molecule has 25 heavy (non-hydrogen) atoms. The molecule has 6 heteroatoms. The van der Waals surface area contributed by atoms with Crippen molar-refractivity contribution in [1.82, 2.24) is 4.98 Å². The van der Waals surface area contributed by atoms with Gasteiger partial charge in [-0.05, 0) is 48.8 Å². The number of nitrogens with zero attached hydrogens (tertiary/aromatic N) is 2. The smallest absolute Gasteiger partial charge is 1.00 e. The van der Waals surface area contributed by atoms with Gasteiger partial charge < -0.3 is 34.3 Å². The second-order valence-electron chi connectivity index (χ2n) is 5.35. The van der Waals surface area contributed by atoms with Gasteiger partial charge in [-0.25, -0.2) is 0 Å². The van der Waals surface area contributed by atoms with Gasteiger partial charge in [-0.1, -0.05) is 0 Å². The molecule has 3 rings (SSSR count). The maximum absolute atomic E-state index is 5.49. The zero-order valence-electron chi connectivity index (χ0n) is 16.2. The van der Waals surface area contributed by atoms with Crippen molar-refractivity contribution in [2.45, 2.75) is 12.8 Å². The van der Waals surface area contributed by atoms with E-state index in [1.807, 2.05) is 30.5 Å². The molecule has 0 spiro atoms. The van der Waals surface area contributed by atoms with Crippen LogP contribution < -0.4 is 34.3 Å². The van der Waals surface area contributed by atoms with E-state index in [1.54, 1.807) is 20.4 Å². The van der Waals surface area contributed by atoms with E-state index in [-0.39, 0.29) is 27.7 Å². The van der Waals surface area contributed by atoms with Crippen LogP contribution in [0.1, 0.15) is 26.8 Å². The fourth-order valence-electron chi connectivity index (χ4n) is 2.73. The normalized spacial score (nSPS) is 14.8. The molecule has 0 amide bonds. The van der Waals surface area contributed by atoms with Gasteiger partial charge in [0.1, 0.15) is 11.5 Å². The van der Waals surface area contributed by atoms with Gasteiger partial charge in [0, 0.05) is 36.1 Å². The first-order valence-electron chi connectivity index (χ1n) is 7.69. The molecule has 0 aliphatic carbocycles. The average molecular weight is 381 g/mol. The summed E-state index contributed by atoms with van der Waals surface area (Å²) >= 11 is 0. The Kier molecular flexibility index (Phi) is 8.46. The molecule has 134 valence electrons. The lowest BCUT2D eigenvalue weighted by Gasteiger charge is -2.17. The number of rotatable bonds is 4. The van der Waals surface area contributed by atoms with Gasteiger partial charge in [0.2, 0.25) is 0 Å². The lowest BCUT2D eigenvalue weighted by molar-refractivity contribution is -0.00100. The molecule has 1 aliphatic rings. The Labute approximate surface area is 163 Å². The summed E-state index contributed by atoms with van der Waals surface area (Å²) in [6.45, 7) is 0.862. The largest absolute Gasteiger partial charge is 1.00 e. The van der Waals surface area contributed by atoms with Gasteiger partial charge >= 0.3 is 2.85 Å². The van der Waals surface area contributed by atoms with Crippen LogP contribution in [0.5, 0.6) is 11.5 Å². The molecule has 2 aromatic rings. The molecule has 1 aliphatic heterocycles. The summed E-state index contributed by atoms with van der Waals surface area (Å²) in [4.78, 5) is 8.92. The van der Waals surface area contributed by atoms with E-state index >= 15 is 0 Å². The lowest BCUT2D eigenvalue weighted by atomic mass is 9.94. The summed E-state index contributed by atoms with van der Waals surface area (Å²) in [5, 5.41) is 0. The van der Waals surface area contributed by atoms with Crippen molar-refractivity contribution < 1.29 is 37.1 Å². The highest BCUT2D eigenvalue weighted by Crippen LogP contribution is 2.29. The monoisotopic (exact) mass is 380 g/mol. The van der Waals surface area contributed by atoms with Crippen molar-refractivity contribution in [2.75, 3.05) is 20.8 Å². The van der Waals surface area contributed by atoms with Crippen LogP contribution in [0.2, 0.25) is 0 Å². The van der Waals surface area contributed by atoms with Crippen molar-refractivity contribution in [1.29, 1.82) is 0 Å². The Morgan fingerprint density at radius 3 is 2.64 bits per heavy atom. The van der Waals surface area contributed by atoms with E-state index < -0.39 is 0 Å².